The van der Waals surface area contributed by atoms with Crippen LogP contribution in [0, 0.1) is 0 Å². The van der Waals surface area contributed by atoms with Crippen molar-refractivity contribution < 1.29 is 21.6 Å². The van der Waals surface area contributed by atoms with E-state index in [2.05, 4.69) is 0 Å². The average Bonchev–Trinajstić information content (AvgIpc) is 2.21. The van der Waals surface area contributed by atoms with E-state index in [-0.39, 0.29) is 11.5 Å². The van der Waals surface area contributed by atoms with Gasteiger partial charge in [0.2, 0.25) is 20.0 Å². The molecule has 0 aromatic rings. The standard InChI is InChI=1S/C9H17N3O5S2/c1-7-9(8(17-2)5-6-11(7)10)12(18(3,13)14)19(4,15)16/h5-7H,10H2,1-4H3. The monoisotopic (exact) mass is 311 g/mol. The van der Waals surface area contributed by atoms with Gasteiger partial charge in [-0.2, -0.15) is 3.71 Å². The number of rotatable bonds is 4. The predicted octanol–water partition coefficient (Wildman–Crippen LogP) is -0.843. The van der Waals surface area contributed by atoms with Gasteiger partial charge in [-0.1, -0.05) is 0 Å². The van der Waals surface area contributed by atoms with Gasteiger partial charge in [0.25, 0.3) is 0 Å². The van der Waals surface area contributed by atoms with Crippen molar-refractivity contribution in [3.63, 3.8) is 0 Å². The SMILES string of the molecule is COC1=C(N(S(C)(=O)=O)S(C)(=O)=O)C(C)N(N)C=C1. The molecule has 0 radical (unpaired) electrons. The Morgan fingerprint density at radius 3 is 2.11 bits per heavy atom. The van der Waals surface area contributed by atoms with Gasteiger partial charge in [0.15, 0.2) is 0 Å². The van der Waals surface area contributed by atoms with Gasteiger partial charge in [0.1, 0.15) is 11.5 Å². The van der Waals surface area contributed by atoms with Gasteiger partial charge in [-0.25, -0.2) is 22.7 Å². The zero-order valence-electron chi connectivity index (χ0n) is 11.1. The maximum absolute atomic E-state index is 11.8. The quantitative estimate of drug-likeness (QED) is 0.674. The Labute approximate surface area is 113 Å². The topological polar surface area (TPSA) is 110 Å². The molecule has 110 valence electrons. The molecule has 0 bridgehead atoms. The molecular weight excluding hydrogens is 294 g/mol. The van der Waals surface area contributed by atoms with Crippen LogP contribution in [0.15, 0.2) is 23.7 Å². The van der Waals surface area contributed by atoms with E-state index in [4.69, 9.17) is 10.6 Å². The van der Waals surface area contributed by atoms with Gasteiger partial charge in [-0.3, -0.25) is 0 Å². The molecule has 0 saturated heterocycles. The fourth-order valence-corrected chi connectivity index (χ4v) is 4.90. The second kappa shape index (κ2) is 5.02. The zero-order chi connectivity index (χ0) is 15.0. The van der Waals surface area contributed by atoms with Crippen LogP contribution in [-0.2, 0) is 24.8 Å². The van der Waals surface area contributed by atoms with E-state index in [0.717, 1.165) is 12.5 Å². The molecule has 0 spiro atoms. The van der Waals surface area contributed by atoms with Crippen LogP contribution in [-0.4, -0.2) is 51.2 Å². The summed E-state index contributed by atoms with van der Waals surface area (Å²) in [5.41, 5.74) is -0.0440. The Hall–Kier alpha value is -1.26. The summed E-state index contributed by atoms with van der Waals surface area (Å²) in [4.78, 5) is 0. The van der Waals surface area contributed by atoms with Crippen LogP contribution in [0.3, 0.4) is 0 Å². The first-order valence-electron chi connectivity index (χ1n) is 5.20. The van der Waals surface area contributed by atoms with Crippen LogP contribution in [0.1, 0.15) is 6.92 Å². The van der Waals surface area contributed by atoms with Crippen LogP contribution in [0.2, 0.25) is 0 Å². The molecule has 1 aliphatic heterocycles. The molecule has 0 aromatic carbocycles. The number of hydrogen-bond donors (Lipinski definition) is 1. The van der Waals surface area contributed by atoms with Crippen molar-refractivity contribution in [2.75, 3.05) is 19.6 Å². The molecule has 2 N–H and O–H groups in total. The average molecular weight is 311 g/mol. The highest BCUT2D eigenvalue weighted by molar-refractivity contribution is 8.03. The molecular formula is C9H17N3O5S2. The van der Waals surface area contributed by atoms with Crippen molar-refractivity contribution in [1.29, 1.82) is 0 Å². The van der Waals surface area contributed by atoms with E-state index in [1.165, 1.54) is 24.4 Å². The second-order valence-corrected chi connectivity index (χ2v) is 8.01. The Kier molecular flexibility index (Phi) is 4.17. The van der Waals surface area contributed by atoms with Gasteiger partial charge in [0.05, 0.1) is 25.7 Å². The van der Waals surface area contributed by atoms with Gasteiger partial charge in [-0.05, 0) is 13.0 Å². The van der Waals surface area contributed by atoms with E-state index in [9.17, 15) is 16.8 Å². The van der Waals surface area contributed by atoms with E-state index in [0.29, 0.717) is 3.71 Å². The minimum atomic E-state index is -4.03. The summed E-state index contributed by atoms with van der Waals surface area (Å²) in [5, 5.41) is 1.20. The third-order valence-corrected chi connectivity index (χ3v) is 5.74. The number of hydrogen-bond acceptors (Lipinski definition) is 7. The number of nitrogens with zero attached hydrogens (tertiary/aromatic N) is 2. The fraction of sp³-hybridized carbons (Fsp3) is 0.556. The van der Waals surface area contributed by atoms with Crippen molar-refractivity contribution in [2.45, 2.75) is 13.0 Å². The van der Waals surface area contributed by atoms with Crippen molar-refractivity contribution in [3.05, 3.63) is 23.7 Å². The Morgan fingerprint density at radius 1 is 1.26 bits per heavy atom. The maximum Gasteiger partial charge on any atom is 0.245 e. The van der Waals surface area contributed by atoms with E-state index in [1.54, 1.807) is 6.92 Å². The lowest BCUT2D eigenvalue weighted by Gasteiger charge is -2.34. The van der Waals surface area contributed by atoms with Crippen LogP contribution in [0.5, 0.6) is 0 Å². The normalized spacial score (nSPS) is 20.7. The first-order chi connectivity index (χ1) is 8.50. The summed E-state index contributed by atoms with van der Waals surface area (Å²) in [5.74, 6) is 5.78. The van der Waals surface area contributed by atoms with E-state index >= 15 is 0 Å². The van der Waals surface area contributed by atoms with Crippen molar-refractivity contribution in [3.8, 4) is 0 Å². The molecule has 0 saturated carbocycles. The minimum absolute atomic E-state index is 0.0440. The highest BCUT2D eigenvalue weighted by Gasteiger charge is 2.37. The van der Waals surface area contributed by atoms with Crippen molar-refractivity contribution in [1.82, 2.24) is 8.72 Å². The Bertz CT molecular complexity index is 588. The minimum Gasteiger partial charge on any atom is -0.495 e. The van der Waals surface area contributed by atoms with Gasteiger partial charge in [0, 0.05) is 6.20 Å². The summed E-state index contributed by atoms with van der Waals surface area (Å²) in [7, 11) is -6.74. The molecule has 1 rings (SSSR count). The molecule has 19 heavy (non-hydrogen) atoms. The van der Waals surface area contributed by atoms with Crippen molar-refractivity contribution >= 4 is 20.0 Å². The van der Waals surface area contributed by atoms with E-state index in [1.807, 2.05) is 0 Å². The number of ether oxygens (including phenoxy) is 1. The molecule has 0 amide bonds. The number of sulfonamides is 2. The molecule has 1 aliphatic rings. The lowest BCUT2D eigenvalue weighted by molar-refractivity contribution is 0.249. The van der Waals surface area contributed by atoms with Crippen LogP contribution >= 0.6 is 0 Å². The second-order valence-electron chi connectivity index (χ2n) is 4.12. The number of nitrogens with two attached hydrogens (primary N) is 1. The molecule has 0 aliphatic carbocycles. The van der Waals surface area contributed by atoms with Crippen molar-refractivity contribution in [2.24, 2.45) is 5.84 Å². The first-order valence-corrected chi connectivity index (χ1v) is 8.89. The Morgan fingerprint density at radius 2 is 1.74 bits per heavy atom. The van der Waals surface area contributed by atoms with Crippen LogP contribution in [0.25, 0.3) is 0 Å². The summed E-state index contributed by atoms with van der Waals surface area (Å²) >= 11 is 0. The molecule has 1 atom stereocenters. The highest BCUT2D eigenvalue weighted by Crippen LogP contribution is 2.27. The zero-order valence-corrected chi connectivity index (χ0v) is 12.7. The largest absolute Gasteiger partial charge is 0.495 e. The maximum atomic E-state index is 11.8. The molecule has 1 unspecified atom stereocenters. The predicted molar refractivity (Wildman–Crippen MR) is 70.2 cm³/mol. The lowest BCUT2D eigenvalue weighted by Crippen LogP contribution is -2.47. The van der Waals surface area contributed by atoms with Gasteiger partial charge < -0.3 is 9.75 Å². The smallest absolute Gasteiger partial charge is 0.245 e. The van der Waals surface area contributed by atoms with Crippen LogP contribution < -0.4 is 5.84 Å². The summed E-state index contributed by atoms with van der Waals surface area (Å²) in [6, 6.07) is -0.676. The number of allylic oxidation sites excluding steroid dienone is 1. The number of hydrazine groups is 1. The van der Waals surface area contributed by atoms with E-state index < -0.39 is 26.1 Å². The summed E-state index contributed by atoms with van der Waals surface area (Å²) in [6.07, 6.45) is 4.48. The summed E-state index contributed by atoms with van der Waals surface area (Å²) in [6.45, 7) is 1.57. The Balaban J connectivity index is 3.60. The summed E-state index contributed by atoms with van der Waals surface area (Å²) < 4.78 is 52.4. The molecule has 10 heteroatoms. The third kappa shape index (κ3) is 3.19. The fourth-order valence-electron chi connectivity index (χ4n) is 1.73. The molecule has 8 nitrogen and oxygen atoms in total. The van der Waals surface area contributed by atoms with Gasteiger partial charge in [-0.15, -0.1) is 0 Å². The highest BCUT2D eigenvalue weighted by atomic mass is 32.3. The molecule has 1 heterocycles. The van der Waals surface area contributed by atoms with Crippen LogP contribution in [0.4, 0.5) is 0 Å². The third-order valence-electron chi connectivity index (χ3n) is 2.51. The molecule has 0 fully saturated rings. The van der Waals surface area contributed by atoms with Gasteiger partial charge >= 0.3 is 0 Å². The number of methoxy groups -OCH3 is 1. The lowest BCUT2D eigenvalue weighted by atomic mass is 10.1. The molecule has 0 aromatic heterocycles. The first kappa shape index (κ1) is 15.8.